The molecule has 0 saturated heterocycles. The Labute approximate surface area is 35.9 Å². The van der Waals surface area contributed by atoms with Crippen molar-refractivity contribution in [1.82, 2.24) is 0 Å². The molecule has 2 N–H and O–H groups in total. The summed E-state index contributed by atoms with van der Waals surface area (Å²) >= 11 is 0.138. The number of rotatable bonds is 1. The summed E-state index contributed by atoms with van der Waals surface area (Å²) in [6.07, 6.45) is 0. The first-order chi connectivity index (χ1) is 1.91. The van der Waals surface area contributed by atoms with Gasteiger partial charge in [-0.25, -0.2) is 0 Å². The highest BCUT2D eigenvalue weighted by atomic mass is 127. The minimum atomic E-state index is 0.138. The van der Waals surface area contributed by atoms with Crippen molar-refractivity contribution < 1.29 is 0 Å². The lowest BCUT2D eigenvalue weighted by atomic mass is 11.6. The Kier molecular flexibility index (Phi) is 4.06. The second-order valence-electron chi connectivity index (χ2n) is 0.343. The molecule has 0 bridgehead atoms. The molecule has 0 fully saturated rings. The van der Waals surface area contributed by atoms with Crippen molar-refractivity contribution in [2.24, 2.45) is 5.73 Å². The molecule has 0 unspecified atom stereocenters. The first-order valence-electron chi connectivity index (χ1n) is 0.943. The SMILES string of the molecule is C=ICN. The maximum absolute atomic E-state index is 5.01. The molecule has 0 aliphatic heterocycles. The second kappa shape index (κ2) is 3.56. The van der Waals surface area contributed by atoms with Crippen molar-refractivity contribution >= 4 is 25.2 Å². The molecule has 0 aliphatic rings. The predicted molar refractivity (Wildman–Crippen MR) is 30.2 cm³/mol. The van der Waals surface area contributed by atoms with Crippen LogP contribution in [-0.2, 0) is 0 Å². The van der Waals surface area contributed by atoms with Crippen molar-refractivity contribution in [1.29, 1.82) is 0 Å². The Balaban J connectivity index is 2.30. The van der Waals surface area contributed by atoms with E-state index in [0.29, 0.717) is 0 Å². The zero-order valence-electron chi connectivity index (χ0n) is 2.37. The zero-order chi connectivity index (χ0) is 3.41. The van der Waals surface area contributed by atoms with E-state index in [0.717, 1.165) is 4.55 Å². The Morgan fingerprint density at radius 1 is 2.00 bits per heavy atom. The van der Waals surface area contributed by atoms with Crippen LogP contribution < -0.4 is 5.73 Å². The zero-order valence-corrected chi connectivity index (χ0v) is 4.53. The lowest BCUT2D eigenvalue weighted by Crippen LogP contribution is -1.84. The molecule has 1 nitrogen and oxygen atoms in total. The van der Waals surface area contributed by atoms with Gasteiger partial charge in [-0.05, 0) is 0 Å². The van der Waals surface area contributed by atoms with Gasteiger partial charge in [-0.3, -0.25) is 0 Å². The second-order valence-corrected chi connectivity index (χ2v) is 2.30. The highest BCUT2D eigenvalue weighted by Gasteiger charge is 1.43. The average molecular weight is 171 g/mol. The van der Waals surface area contributed by atoms with Crippen molar-refractivity contribution in [3.05, 3.63) is 0 Å². The fourth-order valence-corrected chi connectivity index (χ4v) is 0. The topological polar surface area (TPSA) is 26.0 Å². The summed E-state index contributed by atoms with van der Waals surface area (Å²) in [7, 11) is 0. The molecular formula is C2H6IN. The third-order valence-corrected chi connectivity index (χ3v) is 0.732. The fourth-order valence-electron chi connectivity index (χ4n) is 0. The largest absolute Gasteiger partial charge is 0.322 e. The molecule has 0 radical (unpaired) electrons. The molecule has 26 valence electrons. The summed E-state index contributed by atoms with van der Waals surface area (Å²) in [5.41, 5.74) is 5.01. The number of nitrogens with two attached hydrogens (primary N) is 1. The molecule has 0 aromatic heterocycles. The minimum absolute atomic E-state index is 0.138. The van der Waals surface area contributed by atoms with E-state index >= 15 is 0 Å². The molecule has 0 aliphatic carbocycles. The molecule has 0 atom stereocenters. The van der Waals surface area contributed by atoms with Crippen LogP contribution in [0.5, 0.6) is 0 Å². The summed E-state index contributed by atoms with van der Waals surface area (Å²) in [5.74, 6) is 0. The fraction of sp³-hybridized carbons (Fsp3) is 0.500. The van der Waals surface area contributed by atoms with Crippen LogP contribution in [0, 0.1) is 0 Å². The molecule has 0 aromatic carbocycles. The van der Waals surface area contributed by atoms with E-state index in [1.807, 2.05) is 0 Å². The van der Waals surface area contributed by atoms with Crippen LogP contribution in [-0.4, -0.2) is 9.07 Å². The highest BCUT2D eigenvalue weighted by molar-refractivity contribution is 14.2. The van der Waals surface area contributed by atoms with E-state index in [1.54, 1.807) is 0 Å². The third-order valence-electron chi connectivity index (χ3n) is 0.109. The third kappa shape index (κ3) is 2.56. The number of alkyl halides is 1. The lowest BCUT2D eigenvalue weighted by Gasteiger charge is -1.60. The van der Waals surface area contributed by atoms with Crippen LogP contribution in [0.4, 0.5) is 0 Å². The first kappa shape index (κ1) is 4.56. The van der Waals surface area contributed by atoms with E-state index in [9.17, 15) is 0 Å². The smallest absolute Gasteiger partial charge is 0.0401 e. The lowest BCUT2D eigenvalue weighted by molar-refractivity contribution is 1.45. The Morgan fingerprint density at radius 2 is 2.25 bits per heavy atom. The van der Waals surface area contributed by atoms with Gasteiger partial charge in [0.05, 0.1) is 0 Å². The van der Waals surface area contributed by atoms with Gasteiger partial charge in [0.25, 0.3) is 0 Å². The van der Waals surface area contributed by atoms with Crippen LogP contribution in [0.2, 0.25) is 0 Å². The van der Waals surface area contributed by atoms with Gasteiger partial charge >= 0.3 is 0 Å². The number of hydrogen-bond acceptors (Lipinski definition) is 1. The molecule has 4 heavy (non-hydrogen) atoms. The molecular weight excluding hydrogens is 165 g/mol. The van der Waals surface area contributed by atoms with E-state index in [2.05, 4.69) is 4.51 Å². The van der Waals surface area contributed by atoms with Gasteiger partial charge in [-0.15, -0.1) is 20.7 Å². The average Bonchev–Trinajstić information content (AvgIpc) is 1.37. The summed E-state index contributed by atoms with van der Waals surface area (Å²) in [6.45, 7) is 0. The quantitative estimate of drug-likeness (QED) is 0.343. The van der Waals surface area contributed by atoms with Crippen molar-refractivity contribution in [3.63, 3.8) is 0 Å². The van der Waals surface area contributed by atoms with Gasteiger partial charge in [0.2, 0.25) is 0 Å². The molecule has 2 heteroatoms. The van der Waals surface area contributed by atoms with E-state index in [4.69, 9.17) is 5.73 Å². The molecule has 0 heterocycles. The highest BCUT2D eigenvalue weighted by Crippen LogP contribution is 1.76. The van der Waals surface area contributed by atoms with Gasteiger partial charge in [0.1, 0.15) is 0 Å². The van der Waals surface area contributed by atoms with Gasteiger partial charge in [-0.2, -0.15) is 0 Å². The van der Waals surface area contributed by atoms with Gasteiger partial charge in [0.15, 0.2) is 0 Å². The van der Waals surface area contributed by atoms with Gasteiger partial charge in [0, 0.05) is 4.55 Å². The number of hydrogen-bond donors (Lipinski definition) is 1. The Bertz CT molecular complexity index is 20.0. The summed E-state index contributed by atoms with van der Waals surface area (Å²) < 4.78 is 4.41. The normalized spacial score (nSPS) is 7.25. The maximum Gasteiger partial charge on any atom is 0.0401 e. The molecule has 0 amide bonds. The maximum atomic E-state index is 5.01. The van der Waals surface area contributed by atoms with Crippen LogP contribution in [0.1, 0.15) is 0 Å². The molecule has 0 aromatic rings. The molecule has 0 saturated carbocycles. The molecule has 0 rings (SSSR count). The predicted octanol–water partition coefficient (Wildman–Crippen LogP) is 0.305. The van der Waals surface area contributed by atoms with Crippen LogP contribution in [0.15, 0.2) is 0 Å². The van der Waals surface area contributed by atoms with Gasteiger partial charge in [-0.1, -0.05) is 4.51 Å². The van der Waals surface area contributed by atoms with Crippen LogP contribution >= 0.6 is 20.7 Å². The van der Waals surface area contributed by atoms with Crippen molar-refractivity contribution in [3.8, 4) is 0 Å². The minimum Gasteiger partial charge on any atom is -0.322 e. The standard InChI is InChI=1S/C2H6IN/c1-3-2-4/h1-2,4H2. The summed E-state index contributed by atoms with van der Waals surface area (Å²) in [5, 5.41) is 0. The van der Waals surface area contributed by atoms with Crippen LogP contribution in [0.3, 0.4) is 0 Å². The Morgan fingerprint density at radius 3 is 2.25 bits per heavy atom. The summed E-state index contributed by atoms with van der Waals surface area (Å²) in [4.78, 5) is 0. The van der Waals surface area contributed by atoms with Crippen LogP contribution in [0.25, 0.3) is 0 Å². The first-order valence-corrected chi connectivity index (χ1v) is 3.99. The van der Waals surface area contributed by atoms with Crippen molar-refractivity contribution in [2.75, 3.05) is 4.55 Å². The van der Waals surface area contributed by atoms with E-state index in [-0.39, 0.29) is 20.7 Å². The number of halogens is 1. The van der Waals surface area contributed by atoms with Gasteiger partial charge < -0.3 is 5.73 Å². The van der Waals surface area contributed by atoms with Crippen molar-refractivity contribution in [2.45, 2.75) is 0 Å². The Hall–Kier alpha value is 0.560. The van der Waals surface area contributed by atoms with E-state index < -0.39 is 0 Å². The molecule has 0 spiro atoms. The van der Waals surface area contributed by atoms with E-state index in [1.165, 1.54) is 0 Å². The monoisotopic (exact) mass is 171 g/mol. The summed E-state index contributed by atoms with van der Waals surface area (Å²) in [6, 6.07) is 0.